The number of primary amides is 1. The van der Waals surface area contributed by atoms with Crippen molar-refractivity contribution < 1.29 is 4.79 Å². The molecule has 2 heterocycles. The number of benzene rings is 2. The van der Waals surface area contributed by atoms with E-state index in [0.717, 1.165) is 39.2 Å². The summed E-state index contributed by atoms with van der Waals surface area (Å²) in [6.07, 6.45) is 1.65. The van der Waals surface area contributed by atoms with Crippen LogP contribution in [-0.4, -0.2) is 21.2 Å². The molecular formula is C23H22N4O. The van der Waals surface area contributed by atoms with Gasteiger partial charge in [-0.05, 0) is 44.0 Å². The summed E-state index contributed by atoms with van der Waals surface area (Å²) in [6.45, 7) is 10.1. The number of carbonyl (C=O) groups is 1. The molecule has 0 bridgehead atoms. The van der Waals surface area contributed by atoms with E-state index in [4.69, 9.17) is 10.7 Å². The standard InChI is InChI=1S/C23H22N4O/c1-13(2)16-9-10-19-18(11-16)20(17-8-6-5-7-14(17)3)26-15(4)22-21(23(24)28)25-12-27(19)22/h5-12,15H,1H2,2-4H3,(H2,24,28)/t15-/m0/s1. The largest absolute Gasteiger partial charge is 0.364 e. The van der Waals surface area contributed by atoms with Crippen molar-refractivity contribution in [1.82, 2.24) is 9.55 Å². The van der Waals surface area contributed by atoms with Crippen molar-refractivity contribution in [3.05, 3.63) is 89.0 Å². The highest BCUT2D eigenvalue weighted by atomic mass is 16.1. The van der Waals surface area contributed by atoms with Gasteiger partial charge in [0.05, 0.1) is 23.1 Å². The van der Waals surface area contributed by atoms with Crippen LogP contribution in [0.4, 0.5) is 0 Å². The van der Waals surface area contributed by atoms with Gasteiger partial charge in [-0.2, -0.15) is 0 Å². The summed E-state index contributed by atoms with van der Waals surface area (Å²) in [5.41, 5.74) is 13.6. The van der Waals surface area contributed by atoms with Crippen LogP contribution in [0.3, 0.4) is 0 Å². The summed E-state index contributed by atoms with van der Waals surface area (Å²) >= 11 is 0. The second-order valence-corrected chi connectivity index (χ2v) is 7.19. The number of aliphatic imine (C=N–C) groups is 1. The van der Waals surface area contributed by atoms with Crippen molar-refractivity contribution in [2.45, 2.75) is 26.8 Å². The van der Waals surface area contributed by atoms with E-state index < -0.39 is 5.91 Å². The van der Waals surface area contributed by atoms with Crippen LogP contribution in [-0.2, 0) is 0 Å². The van der Waals surface area contributed by atoms with Gasteiger partial charge in [0.2, 0.25) is 0 Å². The highest BCUT2D eigenvalue weighted by Crippen LogP contribution is 2.34. The Morgan fingerprint density at radius 3 is 2.61 bits per heavy atom. The molecule has 0 radical (unpaired) electrons. The number of rotatable bonds is 3. The van der Waals surface area contributed by atoms with Gasteiger partial charge in [-0.3, -0.25) is 14.4 Å². The number of hydrogen-bond donors (Lipinski definition) is 1. The molecule has 0 aliphatic carbocycles. The first-order valence-electron chi connectivity index (χ1n) is 9.20. The van der Waals surface area contributed by atoms with E-state index in [1.165, 1.54) is 0 Å². The molecule has 2 N–H and O–H groups in total. The zero-order chi connectivity index (χ0) is 20.0. The summed E-state index contributed by atoms with van der Waals surface area (Å²) in [4.78, 5) is 21.2. The van der Waals surface area contributed by atoms with Crippen LogP contribution in [0.2, 0.25) is 0 Å². The molecule has 0 saturated carbocycles. The minimum absolute atomic E-state index is 0.261. The van der Waals surface area contributed by atoms with Crippen LogP contribution in [0.5, 0.6) is 0 Å². The molecule has 5 nitrogen and oxygen atoms in total. The predicted octanol–water partition coefficient (Wildman–Crippen LogP) is 4.22. The van der Waals surface area contributed by atoms with E-state index in [0.29, 0.717) is 5.69 Å². The van der Waals surface area contributed by atoms with Crippen LogP contribution in [0.15, 0.2) is 60.4 Å². The van der Waals surface area contributed by atoms with Crippen molar-refractivity contribution in [3.8, 4) is 5.69 Å². The smallest absolute Gasteiger partial charge is 0.269 e. The molecule has 0 spiro atoms. The Hall–Kier alpha value is -3.47. The van der Waals surface area contributed by atoms with Gasteiger partial charge in [0.15, 0.2) is 5.69 Å². The lowest BCUT2D eigenvalue weighted by molar-refractivity contribution is 0.0994. The summed E-state index contributed by atoms with van der Waals surface area (Å²) < 4.78 is 1.93. The van der Waals surface area contributed by atoms with E-state index in [1.807, 2.05) is 42.7 Å². The van der Waals surface area contributed by atoms with Gasteiger partial charge in [-0.25, -0.2) is 4.98 Å². The fourth-order valence-electron chi connectivity index (χ4n) is 3.72. The van der Waals surface area contributed by atoms with Crippen molar-refractivity contribution in [2.75, 3.05) is 0 Å². The predicted molar refractivity (Wildman–Crippen MR) is 112 cm³/mol. The Balaban J connectivity index is 2.08. The van der Waals surface area contributed by atoms with Crippen molar-refractivity contribution >= 4 is 17.2 Å². The Morgan fingerprint density at radius 1 is 1.18 bits per heavy atom. The number of imidazole rings is 1. The maximum atomic E-state index is 11.9. The van der Waals surface area contributed by atoms with E-state index in [-0.39, 0.29) is 11.7 Å². The number of hydrogen-bond acceptors (Lipinski definition) is 3. The first kappa shape index (κ1) is 17.9. The molecule has 0 fully saturated rings. The van der Waals surface area contributed by atoms with Gasteiger partial charge in [0.1, 0.15) is 6.33 Å². The number of allylic oxidation sites excluding steroid dienone is 1. The lowest BCUT2D eigenvalue weighted by atomic mass is 9.94. The van der Waals surface area contributed by atoms with E-state index >= 15 is 0 Å². The van der Waals surface area contributed by atoms with Crippen molar-refractivity contribution in [2.24, 2.45) is 10.7 Å². The van der Waals surface area contributed by atoms with Crippen LogP contribution >= 0.6 is 0 Å². The molecule has 4 rings (SSSR count). The Kier molecular flexibility index (Phi) is 4.23. The van der Waals surface area contributed by atoms with Crippen molar-refractivity contribution in [3.63, 3.8) is 0 Å². The van der Waals surface area contributed by atoms with Gasteiger partial charge >= 0.3 is 0 Å². The van der Waals surface area contributed by atoms with E-state index in [2.05, 4.69) is 36.7 Å². The third-order valence-electron chi connectivity index (χ3n) is 5.16. The second-order valence-electron chi connectivity index (χ2n) is 7.19. The molecule has 0 unspecified atom stereocenters. The molecular weight excluding hydrogens is 348 g/mol. The summed E-state index contributed by atoms with van der Waals surface area (Å²) in [5, 5.41) is 0. The van der Waals surface area contributed by atoms with Gasteiger partial charge in [0.25, 0.3) is 5.91 Å². The Morgan fingerprint density at radius 2 is 1.93 bits per heavy atom. The van der Waals surface area contributed by atoms with E-state index in [1.54, 1.807) is 6.33 Å². The number of amides is 1. The fourth-order valence-corrected chi connectivity index (χ4v) is 3.72. The highest BCUT2D eigenvalue weighted by Gasteiger charge is 2.28. The molecule has 1 amide bonds. The molecule has 1 atom stereocenters. The fraction of sp³-hybridized carbons (Fsp3) is 0.174. The summed E-state index contributed by atoms with van der Waals surface area (Å²) in [5.74, 6) is -0.546. The number of aromatic nitrogens is 2. The molecule has 2 aromatic carbocycles. The quantitative estimate of drug-likeness (QED) is 0.749. The topological polar surface area (TPSA) is 73.3 Å². The normalized spacial score (nSPS) is 15.2. The molecule has 1 aromatic heterocycles. The van der Waals surface area contributed by atoms with Crippen LogP contribution in [0, 0.1) is 6.92 Å². The van der Waals surface area contributed by atoms with Crippen LogP contribution in [0.25, 0.3) is 11.3 Å². The number of carbonyl (C=O) groups excluding carboxylic acids is 1. The zero-order valence-corrected chi connectivity index (χ0v) is 16.2. The van der Waals surface area contributed by atoms with Crippen LogP contribution < -0.4 is 5.73 Å². The third kappa shape index (κ3) is 2.76. The Bertz CT molecular complexity index is 1150. The summed E-state index contributed by atoms with van der Waals surface area (Å²) in [7, 11) is 0. The molecule has 28 heavy (non-hydrogen) atoms. The van der Waals surface area contributed by atoms with Gasteiger partial charge < -0.3 is 5.73 Å². The molecule has 140 valence electrons. The van der Waals surface area contributed by atoms with E-state index in [9.17, 15) is 4.79 Å². The lowest BCUT2D eigenvalue weighted by Gasteiger charge is -2.15. The zero-order valence-electron chi connectivity index (χ0n) is 16.2. The number of aryl methyl sites for hydroxylation is 1. The molecule has 0 saturated heterocycles. The SMILES string of the molecule is C=C(C)c1ccc2c(c1)C(c1ccccc1C)=N[C@@H](C)c1c(C(N)=O)ncn1-2. The lowest BCUT2D eigenvalue weighted by Crippen LogP contribution is -2.15. The average molecular weight is 370 g/mol. The first-order chi connectivity index (χ1) is 13.4. The molecule has 1 aliphatic rings. The number of nitrogens with two attached hydrogens (primary N) is 1. The molecule has 3 aromatic rings. The Labute approximate surface area is 164 Å². The first-order valence-corrected chi connectivity index (χ1v) is 9.20. The molecule has 5 heteroatoms. The summed E-state index contributed by atoms with van der Waals surface area (Å²) in [6, 6.07) is 14.1. The minimum Gasteiger partial charge on any atom is -0.364 e. The second kappa shape index (κ2) is 6.60. The van der Waals surface area contributed by atoms with Gasteiger partial charge in [0, 0.05) is 11.1 Å². The van der Waals surface area contributed by atoms with Gasteiger partial charge in [-0.1, -0.05) is 42.5 Å². The monoisotopic (exact) mass is 370 g/mol. The van der Waals surface area contributed by atoms with Crippen molar-refractivity contribution in [1.29, 1.82) is 0 Å². The minimum atomic E-state index is -0.546. The number of fused-ring (bicyclic) bond motifs is 3. The molecule has 1 aliphatic heterocycles. The number of nitrogens with zero attached hydrogens (tertiary/aromatic N) is 3. The maximum absolute atomic E-state index is 11.9. The maximum Gasteiger partial charge on any atom is 0.269 e. The third-order valence-corrected chi connectivity index (χ3v) is 5.16. The van der Waals surface area contributed by atoms with Crippen LogP contribution in [0.1, 0.15) is 58.3 Å². The average Bonchev–Trinajstić information content (AvgIpc) is 3.07. The van der Waals surface area contributed by atoms with Gasteiger partial charge in [-0.15, -0.1) is 0 Å². The highest BCUT2D eigenvalue weighted by molar-refractivity contribution is 6.16.